The third-order valence-corrected chi connectivity index (χ3v) is 3.90. The highest BCUT2D eigenvalue weighted by Crippen LogP contribution is 2.13. The number of benzene rings is 1. The summed E-state index contributed by atoms with van der Waals surface area (Å²) in [7, 11) is 3.88. The van der Waals surface area contributed by atoms with Crippen molar-refractivity contribution in [3.05, 3.63) is 53.4 Å². The highest BCUT2D eigenvalue weighted by molar-refractivity contribution is 14.0. The van der Waals surface area contributed by atoms with E-state index in [0.717, 1.165) is 37.0 Å². The number of guanidine groups is 1. The molecule has 0 atom stereocenters. The average Bonchev–Trinajstić information content (AvgIpc) is 3.08. The molecule has 7 heteroatoms. The summed E-state index contributed by atoms with van der Waals surface area (Å²) in [6.45, 7) is 7.44. The molecule has 0 aliphatic carbocycles. The fraction of sp³-hybridized carbons (Fsp3) is 0.474. The highest BCUT2D eigenvalue weighted by Gasteiger charge is 2.08. The number of hydrogen-bond donors (Lipinski definition) is 2. The van der Waals surface area contributed by atoms with Crippen molar-refractivity contribution in [3.8, 4) is 0 Å². The first-order valence-electron chi connectivity index (χ1n) is 8.71. The first-order valence-corrected chi connectivity index (χ1v) is 8.71. The molecule has 0 aliphatic heterocycles. The number of nitrogens with zero attached hydrogens (tertiary/aromatic N) is 3. The smallest absolute Gasteiger partial charge is 0.191 e. The Bertz CT molecular complexity index is 657. The molecule has 0 bridgehead atoms. The predicted molar refractivity (Wildman–Crippen MR) is 117 cm³/mol. The zero-order valence-corrected chi connectivity index (χ0v) is 18.4. The van der Waals surface area contributed by atoms with Crippen LogP contribution in [0.15, 0.2) is 45.9 Å². The van der Waals surface area contributed by atoms with Gasteiger partial charge in [-0.15, -0.1) is 24.0 Å². The zero-order valence-electron chi connectivity index (χ0n) is 16.0. The van der Waals surface area contributed by atoms with Crippen LogP contribution < -0.4 is 10.6 Å². The van der Waals surface area contributed by atoms with Crippen molar-refractivity contribution >= 4 is 29.9 Å². The first kappa shape index (κ1) is 22.4. The quantitative estimate of drug-likeness (QED) is 0.352. The van der Waals surface area contributed by atoms with E-state index in [1.807, 2.05) is 12.1 Å². The fourth-order valence-corrected chi connectivity index (χ4v) is 2.42. The maximum atomic E-state index is 5.33. The minimum absolute atomic E-state index is 0. The van der Waals surface area contributed by atoms with E-state index in [0.29, 0.717) is 12.5 Å². The molecule has 2 rings (SSSR count). The van der Waals surface area contributed by atoms with Crippen molar-refractivity contribution < 1.29 is 4.52 Å². The van der Waals surface area contributed by atoms with Gasteiger partial charge in [0.15, 0.2) is 11.7 Å². The Hall–Kier alpha value is -1.61. The van der Waals surface area contributed by atoms with Crippen LogP contribution in [0.25, 0.3) is 0 Å². The minimum Gasteiger partial charge on any atom is -0.359 e. The summed E-state index contributed by atoms with van der Waals surface area (Å²) >= 11 is 0. The topological polar surface area (TPSA) is 65.7 Å². The Labute approximate surface area is 173 Å². The fourth-order valence-electron chi connectivity index (χ4n) is 2.42. The Morgan fingerprint density at radius 2 is 1.96 bits per heavy atom. The van der Waals surface area contributed by atoms with Crippen LogP contribution in [-0.2, 0) is 13.1 Å². The van der Waals surface area contributed by atoms with Gasteiger partial charge in [0.05, 0.1) is 12.2 Å². The molecule has 26 heavy (non-hydrogen) atoms. The number of aromatic nitrogens is 1. The second-order valence-corrected chi connectivity index (χ2v) is 6.45. The lowest BCUT2D eigenvalue weighted by molar-refractivity contribution is 0.331. The summed E-state index contributed by atoms with van der Waals surface area (Å²) in [6.07, 6.45) is 0. The highest BCUT2D eigenvalue weighted by atomic mass is 127. The molecule has 2 aromatic rings. The molecular formula is C19H30IN5O. The van der Waals surface area contributed by atoms with Gasteiger partial charge >= 0.3 is 0 Å². The van der Waals surface area contributed by atoms with Crippen LogP contribution in [0, 0.1) is 0 Å². The van der Waals surface area contributed by atoms with Gasteiger partial charge < -0.3 is 20.1 Å². The molecule has 0 unspecified atom stereocenters. The van der Waals surface area contributed by atoms with Gasteiger partial charge in [-0.2, -0.15) is 0 Å². The molecule has 0 radical (unpaired) electrons. The zero-order chi connectivity index (χ0) is 18.1. The van der Waals surface area contributed by atoms with Gasteiger partial charge in [0.25, 0.3) is 0 Å². The lowest BCUT2D eigenvalue weighted by Crippen LogP contribution is -2.40. The van der Waals surface area contributed by atoms with Crippen LogP contribution in [0.4, 0.5) is 0 Å². The van der Waals surface area contributed by atoms with Gasteiger partial charge in [-0.3, -0.25) is 4.99 Å². The van der Waals surface area contributed by atoms with E-state index >= 15 is 0 Å². The molecule has 1 aromatic carbocycles. The van der Waals surface area contributed by atoms with Crippen LogP contribution in [-0.4, -0.2) is 43.2 Å². The van der Waals surface area contributed by atoms with Crippen molar-refractivity contribution in [2.45, 2.75) is 32.9 Å². The molecule has 0 fully saturated rings. The maximum absolute atomic E-state index is 5.33. The van der Waals surface area contributed by atoms with Crippen molar-refractivity contribution in [1.29, 1.82) is 0 Å². The molecule has 0 saturated carbocycles. The van der Waals surface area contributed by atoms with E-state index in [9.17, 15) is 0 Å². The van der Waals surface area contributed by atoms with Crippen molar-refractivity contribution in [2.24, 2.45) is 4.99 Å². The minimum atomic E-state index is 0. The largest absolute Gasteiger partial charge is 0.359 e. The summed E-state index contributed by atoms with van der Waals surface area (Å²) in [5.74, 6) is 1.94. The van der Waals surface area contributed by atoms with E-state index < -0.39 is 0 Å². The number of nitrogens with one attached hydrogen (secondary N) is 2. The van der Waals surface area contributed by atoms with Gasteiger partial charge in [0, 0.05) is 32.7 Å². The Balaban J connectivity index is 0.00000338. The van der Waals surface area contributed by atoms with Crippen molar-refractivity contribution in [3.63, 3.8) is 0 Å². The number of aliphatic imine (C=N–C) groups is 1. The van der Waals surface area contributed by atoms with Crippen LogP contribution >= 0.6 is 24.0 Å². The van der Waals surface area contributed by atoms with Gasteiger partial charge in [-0.25, -0.2) is 0 Å². The number of rotatable bonds is 8. The van der Waals surface area contributed by atoms with E-state index in [2.05, 4.69) is 70.8 Å². The van der Waals surface area contributed by atoms with E-state index in [1.54, 1.807) is 7.05 Å². The number of halogens is 1. The standard InChI is InChI=1S/C19H29N5O.HI/c1-15(2)18-12-17(25-23-18)13-22-19(20-3)21-10-11-24(4)14-16-8-6-5-7-9-16;/h5-9,12,15H,10-11,13-14H2,1-4H3,(H2,20,21,22);1H. The molecular weight excluding hydrogens is 441 g/mol. The molecule has 144 valence electrons. The third-order valence-electron chi connectivity index (χ3n) is 3.90. The van der Waals surface area contributed by atoms with Crippen LogP contribution in [0.5, 0.6) is 0 Å². The Morgan fingerprint density at radius 1 is 1.23 bits per heavy atom. The number of hydrogen-bond acceptors (Lipinski definition) is 4. The molecule has 1 aromatic heterocycles. The average molecular weight is 471 g/mol. The van der Waals surface area contributed by atoms with Crippen molar-refractivity contribution in [2.75, 3.05) is 27.2 Å². The second kappa shape index (κ2) is 11.9. The summed E-state index contributed by atoms with van der Waals surface area (Å²) in [5, 5.41) is 10.6. The van der Waals surface area contributed by atoms with Crippen LogP contribution in [0.2, 0.25) is 0 Å². The maximum Gasteiger partial charge on any atom is 0.191 e. The SMILES string of the molecule is CN=C(NCCN(C)Cc1ccccc1)NCc1cc(C(C)C)no1.I. The van der Waals surface area contributed by atoms with E-state index in [4.69, 9.17) is 4.52 Å². The molecule has 0 amide bonds. The molecule has 2 N–H and O–H groups in total. The van der Waals surface area contributed by atoms with Gasteiger partial charge in [-0.1, -0.05) is 49.3 Å². The van der Waals surface area contributed by atoms with Crippen molar-refractivity contribution in [1.82, 2.24) is 20.7 Å². The van der Waals surface area contributed by atoms with E-state index in [1.165, 1.54) is 5.56 Å². The normalized spacial score (nSPS) is 11.5. The lowest BCUT2D eigenvalue weighted by atomic mass is 10.1. The first-order chi connectivity index (χ1) is 12.1. The summed E-state index contributed by atoms with van der Waals surface area (Å²) in [4.78, 5) is 6.52. The van der Waals surface area contributed by atoms with Gasteiger partial charge in [0.2, 0.25) is 0 Å². The number of likely N-dealkylation sites (N-methyl/N-ethyl adjacent to an activating group) is 1. The van der Waals surface area contributed by atoms with Gasteiger partial charge in [-0.05, 0) is 18.5 Å². The predicted octanol–water partition coefficient (Wildman–Crippen LogP) is 3.21. The summed E-state index contributed by atoms with van der Waals surface area (Å²) < 4.78 is 5.33. The third kappa shape index (κ3) is 7.74. The summed E-state index contributed by atoms with van der Waals surface area (Å²) in [5.41, 5.74) is 2.29. The second-order valence-electron chi connectivity index (χ2n) is 6.45. The molecule has 1 heterocycles. The molecule has 6 nitrogen and oxygen atoms in total. The van der Waals surface area contributed by atoms with Crippen LogP contribution in [0.1, 0.15) is 36.8 Å². The monoisotopic (exact) mass is 471 g/mol. The van der Waals surface area contributed by atoms with Gasteiger partial charge in [0.1, 0.15) is 0 Å². The molecule has 0 saturated heterocycles. The Kier molecular flexibility index (Phi) is 10.3. The lowest BCUT2D eigenvalue weighted by Gasteiger charge is -2.18. The van der Waals surface area contributed by atoms with Crippen LogP contribution in [0.3, 0.4) is 0 Å². The summed E-state index contributed by atoms with van der Waals surface area (Å²) in [6, 6.07) is 12.5. The molecule has 0 aliphatic rings. The van der Waals surface area contributed by atoms with E-state index in [-0.39, 0.29) is 24.0 Å². The molecule has 0 spiro atoms. The Morgan fingerprint density at radius 3 is 2.58 bits per heavy atom.